The molecule has 0 saturated carbocycles. The fourth-order valence-electron chi connectivity index (χ4n) is 1.58. The molecule has 0 saturated heterocycles. The molecule has 0 aromatic carbocycles. The summed E-state index contributed by atoms with van der Waals surface area (Å²) in [5.74, 6) is 0. The van der Waals surface area contributed by atoms with E-state index in [1.807, 2.05) is 12.3 Å². The second-order valence-electron chi connectivity index (χ2n) is 3.88. The molecule has 1 unspecified atom stereocenters. The third-order valence-corrected chi connectivity index (χ3v) is 4.24. The molecule has 2 aromatic rings. The Morgan fingerprint density at radius 1 is 1.44 bits per heavy atom. The van der Waals surface area contributed by atoms with Crippen molar-refractivity contribution >= 4 is 23.3 Å². The minimum atomic E-state index is 0.300. The zero-order valence-corrected chi connectivity index (χ0v) is 12.1. The summed E-state index contributed by atoms with van der Waals surface area (Å²) < 4.78 is 4.94. The van der Waals surface area contributed by atoms with Crippen LogP contribution in [0.25, 0.3) is 0 Å². The lowest BCUT2D eigenvalue weighted by Crippen LogP contribution is -2.20. The average Bonchev–Trinajstić information content (AvgIpc) is 2.89. The summed E-state index contributed by atoms with van der Waals surface area (Å²) >= 11 is 2.97. The van der Waals surface area contributed by atoms with Crippen molar-refractivity contribution in [3.8, 4) is 0 Å². The third-order valence-electron chi connectivity index (χ3n) is 2.49. The standard InChI is InChI=1S/C12H16N4S2/c1-3-6-13-9(2)10-5-4-7-14-11(10)17-12-15-8-16-18-12/h4-5,7-9,13H,3,6H2,1-2H3. The van der Waals surface area contributed by atoms with E-state index < -0.39 is 0 Å². The van der Waals surface area contributed by atoms with Crippen LogP contribution in [0, 0.1) is 0 Å². The van der Waals surface area contributed by atoms with Crippen LogP contribution in [0.15, 0.2) is 34.0 Å². The molecule has 0 amide bonds. The van der Waals surface area contributed by atoms with Gasteiger partial charge in [0.25, 0.3) is 0 Å². The minimum Gasteiger partial charge on any atom is -0.310 e. The Hall–Kier alpha value is -0.980. The molecular formula is C12H16N4S2. The van der Waals surface area contributed by atoms with Crippen molar-refractivity contribution in [2.75, 3.05) is 6.54 Å². The Bertz CT molecular complexity index is 473. The number of hydrogen-bond acceptors (Lipinski definition) is 6. The molecule has 0 aliphatic heterocycles. The van der Waals surface area contributed by atoms with Crippen molar-refractivity contribution < 1.29 is 0 Å². The fourth-order valence-corrected chi connectivity index (χ4v) is 3.11. The van der Waals surface area contributed by atoms with Crippen LogP contribution in [0.2, 0.25) is 0 Å². The van der Waals surface area contributed by atoms with Gasteiger partial charge in [0, 0.05) is 17.8 Å². The summed E-state index contributed by atoms with van der Waals surface area (Å²) in [4.78, 5) is 8.63. The molecule has 2 heterocycles. The molecular weight excluding hydrogens is 264 g/mol. The monoisotopic (exact) mass is 280 g/mol. The lowest BCUT2D eigenvalue weighted by Gasteiger charge is -2.15. The van der Waals surface area contributed by atoms with Crippen molar-refractivity contribution in [3.63, 3.8) is 0 Å². The topological polar surface area (TPSA) is 50.7 Å². The Morgan fingerprint density at radius 2 is 2.33 bits per heavy atom. The van der Waals surface area contributed by atoms with Gasteiger partial charge >= 0.3 is 0 Å². The van der Waals surface area contributed by atoms with E-state index >= 15 is 0 Å². The lowest BCUT2D eigenvalue weighted by molar-refractivity contribution is 0.560. The molecule has 0 spiro atoms. The van der Waals surface area contributed by atoms with Crippen molar-refractivity contribution in [3.05, 3.63) is 30.2 Å². The Morgan fingerprint density at radius 3 is 3.06 bits per heavy atom. The summed E-state index contributed by atoms with van der Waals surface area (Å²) in [6.45, 7) is 5.34. The Balaban J connectivity index is 2.14. The molecule has 6 heteroatoms. The highest BCUT2D eigenvalue weighted by atomic mass is 32.2. The lowest BCUT2D eigenvalue weighted by atomic mass is 10.1. The first-order valence-electron chi connectivity index (χ1n) is 5.94. The number of rotatable bonds is 6. The molecule has 4 nitrogen and oxygen atoms in total. The predicted octanol–water partition coefficient (Wildman–Crippen LogP) is 3.14. The maximum atomic E-state index is 4.44. The molecule has 0 aliphatic rings. The largest absolute Gasteiger partial charge is 0.310 e. The SMILES string of the molecule is CCCNC(C)c1cccnc1Sc1ncns1. The first-order valence-corrected chi connectivity index (χ1v) is 7.53. The molecule has 1 atom stereocenters. The molecule has 1 N–H and O–H groups in total. The second-order valence-corrected chi connectivity index (χ2v) is 5.90. The van der Waals surface area contributed by atoms with E-state index in [0.29, 0.717) is 6.04 Å². The van der Waals surface area contributed by atoms with E-state index in [1.54, 1.807) is 18.1 Å². The van der Waals surface area contributed by atoms with Gasteiger partial charge in [-0.2, -0.15) is 4.37 Å². The maximum Gasteiger partial charge on any atom is 0.176 e. The van der Waals surface area contributed by atoms with E-state index in [1.165, 1.54) is 17.1 Å². The zero-order valence-electron chi connectivity index (χ0n) is 10.5. The highest BCUT2D eigenvalue weighted by molar-refractivity contribution is 8.00. The van der Waals surface area contributed by atoms with Crippen molar-refractivity contribution in [2.24, 2.45) is 0 Å². The van der Waals surface area contributed by atoms with Crippen LogP contribution in [0.4, 0.5) is 0 Å². The van der Waals surface area contributed by atoms with Crippen LogP contribution in [0.1, 0.15) is 31.9 Å². The van der Waals surface area contributed by atoms with E-state index in [-0.39, 0.29) is 0 Å². The molecule has 0 aliphatic carbocycles. The van der Waals surface area contributed by atoms with Crippen LogP contribution in [-0.2, 0) is 0 Å². The van der Waals surface area contributed by atoms with Gasteiger partial charge in [-0.1, -0.05) is 13.0 Å². The molecule has 96 valence electrons. The number of hydrogen-bond donors (Lipinski definition) is 1. The van der Waals surface area contributed by atoms with Crippen molar-refractivity contribution in [2.45, 2.75) is 35.7 Å². The first kappa shape index (κ1) is 13.5. The van der Waals surface area contributed by atoms with Gasteiger partial charge in [0.15, 0.2) is 4.34 Å². The first-order chi connectivity index (χ1) is 8.81. The summed E-state index contributed by atoms with van der Waals surface area (Å²) in [7, 11) is 0. The third kappa shape index (κ3) is 3.51. The highest BCUT2D eigenvalue weighted by Crippen LogP contribution is 2.31. The molecule has 0 fully saturated rings. The summed E-state index contributed by atoms with van der Waals surface area (Å²) in [6, 6.07) is 4.39. The highest BCUT2D eigenvalue weighted by Gasteiger charge is 2.12. The van der Waals surface area contributed by atoms with Gasteiger partial charge in [0.1, 0.15) is 11.4 Å². The summed E-state index contributed by atoms with van der Waals surface area (Å²) in [5, 5.41) is 4.49. The Labute approximate surface area is 115 Å². The molecule has 0 radical (unpaired) electrons. The number of nitrogens with one attached hydrogen (secondary N) is 1. The van der Waals surface area contributed by atoms with E-state index in [2.05, 4.69) is 39.6 Å². The summed E-state index contributed by atoms with van der Waals surface area (Å²) in [5.41, 5.74) is 1.21. The van der Waals surface area contributed by atoms with E-state index in [4.69, 9.17) is 0 Å². The van der Waals surface area contributed by atoms with Gasteiger partial charge < -0.3 is 5.32 Å². The molecule has 0 bridgehead atoms. The number of nitrogens with zero attached hydrogens (tertiary/aromatic N) is 3. The van der Waals surface area contributed by atoms with Crippen LogP contribution in [0.5, 0.6) is 0 Å². The smallest absolute Gasteiger partial charge is 0.176 e. The molecule has 18 heavy (non-hydrogen) atoms. The van der Waals surface area contributed by atoms with Gasteiger partial charge in [-0.25, -0.2) is 9.97 Å². The van der Waals surface area contributed by atoms with Crippen LogP contribution in [0.3, 0.4) is 0 Å². The van der Waals surface area contributed by atoms with Gasteiger partial charge in [0.05, 0.1) is 0 Å². The summed E-state index contributed by atoms with van der Waals surface area (Å²) in [6.07, 6.45) is 4.53. The average molecular weight is 280 g/mol. The fraction of sp³-hybridized carbons (Fsp3) is 0.417. The van der Waals surface area contributed by atoms with Crippen LogP contribution < -0.4 is 5.32 Å². The van der Waals surface area contributed by atoms with Gasteiger partial charge in [-0.3, -0.25) is 0 Å². The van der Waals surface area contributed by atoms with Gasteiger partial charge in [-0.15, -0.1) is 0 Å². The van der Waals surface area contributed by atoms with E-state index in [9.17, 15) is 0 Å². The van der Waals surface area contributed by atoms with Crippen LogP contribution >= 0.6 is 23.3 Å². The Kier molecular flexibility index (Phi) is 5.10. The van der Waals surface area contributed by atoms with Gasteiger partial charge in [0.2, 0.25) is 0 Å². The van der Waals surface area contributed by atoms with Gasteiger partial charge in [-0.05, 0) is 49.3 Å². The minimum absolute atomic E-state index is 0.300. The maximum absolute atomic E-state index is 4.44. The number of aromatic nitrogens is 3. The molecule has 2 rings (SSSR count). The normalized spacial score (nSPS) is 12.6. The zero-order chi connectivity index (χ0) is 12.8. The second kappa shape index (κ2) is 6.82. The quantitative estimate of drug-likeness (QED) is 0.881. The van der Waals surface area contributed by atoms with Crippen molar-refractivity contribution in [1.29, 1.82) is 0 Å². The number of pyridine rings is 1. The predicted molar refractivity (Wildman–Crippen MR) is 75.0 cm³/mol. The molecule has 2 aromatic heterocycles. The van der Waals surface area contributed by atoms with Crippen molar-refractivity contribution in [1.82, 2.24) is 19.7 Å². The van der Waals surface area contributed by atoms with E-state index in [0.717, 1.165) is 22.3 Å². The van der Waals surface area contributed by atoms with Crippen LogP contribution in [-0.4, -0.2) is 20.9 Å².